The second-order valence-electron chi connectivity index (χ2n) is 2.42. The van der Waals surface area contributed by atoms with E-state index in [9.17, 15) is 0 Å². The highest BCUT2D eigenvalue weighted by atomic mass is 16.7. The first-order valence-electron chi connectivity index (χ1n) is 3.13. The van der Waals surface area contributed by atoms with E-state index in [-0.39, 0.29) is 11.9 Å². The number of fused-ring (bicyclic) bond motifs is 2. The Morgan fingerprint density at radius 3 is 3.20 bits per heavy atom. The molecule has 3 atom stereocenters. The maximum absolute atomic E-state index is 9.12. The molecule has 2 rings (SSSR count). The summed E-state index contributed by atoms with van der Waals surface area (Å²) in [6, 6.07) is 0. The average Bonchev–Trinajstić information content (AvgIpc) is 2.28. The van der Waals surface area contributed by atoms with Crippen LogP contribution in [0.25, 0.3) is 0 Å². The van der Waals surface area contributed by atoms with E-state index >= 15 is 0 Å². The number of aliphatic hydroxyl groups is 2. The van der Waals surface area contributed by atoms with Crippen LogP contribution in [0.1, 0.15) is 0 Å². The molecule has 1 saturated heterocycles. The highest BCUT2D eigenvalue weighted by molar-refractivity contribution is 5.08. The van der Waals surface area contributed by atoms with Crippen LogP contribution in [0.5, 0.6) is 0 Å². The van der Waals surface area contributed by atoms with E-state index in [2.05, 4.69) is 0 Å². The van der Waals surface area contributed by atoms with Crippen LogP contribution in [0.3, 0.4) is 0 Å². The van der Waals surface area contributed by atoms with Crippen LogP contribution >= 0.6 is 0 Å². The third-order valence-electron chi connectivity index (χ3n) is 1.67. The molecule has 4 heteroatoms. The molecule has 2 N–H and O–H groups in total. The van der Waals surface area contributed by atoms with Crippen molar-refractivity contribution in [3.05, 3.63) is 11.8 Å². The monoisotopic (exact) mass is 144 g/mol. The van der Waals surface area contributed by atoms with Gasteiger partial charge in [0.05, 0.1) is 6.61 Å². The maximum atomic E-state index is 9.12. The van der Waals surface area contributed by atoms with Crippen molar-refractivity contribution in [1.29, 1.82) is 0 Å². The molecule has 0 aliphatic carbocycles. The van der Waals surface area contributed by atoms with Crippen LogP contribution in [0.2, 0.25) is 0 Å². The van der Waals surface area contributed by atoms with E-state index in [4.69, 9.17) is 19.7 Å². The van der Waals surface area contributed by atoms with E-state index in [1.165, 1.54) is 6.08 Å². The largest absolute Gasteiger partial charge is 0.507 e. The highest BCUT2D eigenvalue weighted by Gasteiger charge is 2.37. The zero-order valence-corrected chi connectivity index (χ0v) is 5.23. The van der Waals surface area contributed by atoms with Crippen molar-refractivity contribution in [2.45, 2.75) is 18.5 Å². The van der Waals surface area contributed by atoms with Gasteiger partial charge < -0.3 is 19.7 Å². The van der Waals surface area contributed by atoms with Gasteiger partial charge in [0.25, 0.3) is 0 Å². The van der Waals surface area contributed by atoms with Crippen LogP contribution in [-0.2, 0) is 9.47 Å². The van der Waals surface area contributed by atoms with E-state index < -0.39 is 12.4 Å². The molecule has 2 aliphatic rings. The van der Waals surface area contributed by atoms with Crippen LogP contribution < -0.4 is 0 Å². The molecule has 2 bridgehead atoms. The van der Waals surface area contributed by atoms with Crippen LogP contribution in [-0.4, -0.2) is 35.3 Å². The number of rotatable bonds is 0. The van der Waals surface area contributed by atoms with E-state index in [1.807, 2.05) is 0 Å². The summed E-state index contributed by atoms with van der Waals surface area (Å²) in [7, 11) is 0. The fourth-order valence-corrected chi connectivity index (χ4v) is 1.11. The first kappa shape index (κ1) is 6.15. The molecule has 0 saturated carbocycles. The second kappa shape index (κ2) is 1.95. The summed E-state index contributed by atoms with van der Waals surface area (Å²) in [5, 5.41) is 18.1. The lowest BCUT2D eigenvalue weighted by atomic mass is 10.2. The van der Waals surface area contributed by atoms with Crippen LogP contribution in [0.15, 0.2) is 11.8 Å². The summed E-state index contributed by atoms with van der Waals surface area (Å²) < 4.78 is 9.99. The normalized spacial score (nSPS) is 45.3. The molecular weight excluding hydrogens is 136 g/mol. The van der Waals surface area contributed by atoms with Gasteiger partial charge in [0.1, 0.15) is 18.0 Å². The molecule has 4 nitrogen and oxygen atoms in total. The Hall–Kier alpha value is -0.580. The van der Waals surface area contributed by atoms with E-state index in [0.29, 0.717) is 6.61 Å². The summed E-state index contributed by atoms with van der Waals surface area (Å²) in [5.74, 6) is -0.0266. The summed E-state index contributed by atoms with van der Waals surface area (Å²) in [6.07, 6.45) is -0.292. The lowest BCUT2D eigenvalue weighted by Crippen LogP contribution is -2.31. The van der Waals surface area contributed by atoms with Gasteiger partial charge in [-0.15, -0.1) is 0 Å². The fraction of sp³-hybridized carbons (Fsp3) is 0.667. The second-order valence-corrected chi connectivity index (χ2v) is 2.42. The number of hydrogen-bond acceptors (Lipinski definition) is 4. The molecule has 1 fully saturated rings. The standard InChI is InChI=1S/C6H8O4/c7-3-1-4(8)6-9-2-5(3)10-6/h1,3,5-8H,2H2/t3-,5?,6?/m1/s1. The Morgan fingerprint density at radius 1 is 1.60 bits per heavy atom. The maximum Gasteiger partial charge on any atom is 0.216 e. The Morgan fingerprint density at radius 2 is 2.40 bits per heavy atom. The summed E-state index contributed by atoms with van der Waals surface area (Å²) in [5.41, 5.74) is 0. The van der Waals surface area contributed by atoms with Gasteiger partial charge in [-0.25, -0.2) is 0 Å². The Balaban J connectivity index is 2.25. The predicted octanol–water partition coefficient (Wildman–Crippen LogP) is -0.456. The van der Waals surface area contributed by atoms with Crippen molar-refractivity contribution in [1.82, 2.24) is 0 Å². The Bertz CT molecular complexity index is 177. The zero-order chi connectivity index (χ0) is 7.14. The Labute approximate surface area is 57.7 Å². The minimum atomic E-state index is -0.723. The topological polar surface area (TPSA) is 58.9 Å². The first-order chi connectivity index (χ1) is 4.77. The average molecular weight is 144 g/mol. The third-order valence-corrected chi connectivity index (χ3v) is 1.67. The molecule has 0 aromatic carbocycles. The summed E-state index contributed by atoms with van der Waals surface area (Å²) >= 11 is 0. The number of aliphatic hydroxyl groups excluding tert-OH is 2. The van der Waals surface area contributed by atoms with Crippen molar-refractivity contribution in [3.63, 3.8) is 0 Å². The van der Waals surface area contributed by atoms with Crippen molar-refractivity contribution in [2.24, 2.45) is 0 Å². The minimum Gasteiger partial charge on any atom is -0.507 e. The van der Waals surface area contributed by atoms with Crippen molar-refractivity contribution in [2.75, 3.05) is 6.61 Å². The van der Waals surface area contributed by atoms with Gasteiger partial charge in [-0.05, 0) is 6.08 Å². The SMILES string of the molecule is OC1=C[C@@H](O)C2COC1O2. The molecule has 0 aromatic heterocycles. The third kappa shape index (κ3) is 0.733. The molecular formula is C6H8O4. The summed E-state index contributed by atoms with van der Waals surface area (Å²) in [6.45, 7) is 0.354. The van der Waals surface area contributed by atoms with E-state index in [1.54, 1.807) is 0 Å². The Kier molecular flexibility index (Phi) is 1.20. The minimum absolute atomic E-state index is 0.0266. The fourth-order valence-electron chi connectivity index (χ4n) is 1.11. The van der Waals surface area contributed by atoms with Gasteiger partial charge in [0.2, 0.25) is 6.29 Å². The van der Waals surface area contributed by atoms with Crippen molar-refractivity contribution >= 4 is 0 Å². The van der Waals surface area contributed by atoms with Crippen molar-refractivity contribution < 1.29 is 19.7 Å². The summed E-state index contributed by atoms with van der Waals surface area (Å²) in [4.78, 5) is 0. The van der Waals surface area contributed by atoms with Crippen molar-refractivity contribution in [3.8, 4) is 0 Å². The molecule has 2 aliphatic heterocycles. The molecule has 0 spiro atoms. The zero-order valence-electron chi connectivity index (χ0n) is 5.23. The van der Waals surface area contributed by atoms with Gasteiger partial charge in [-0.2, -0.15) is 0 Å². The molecule has 0 aromatic rings. The molecule has 0 radical (unpaired) electrons. The molecule has 2 unspecified atom stereocenters. The lowest BCUT2D eigenvalue weighted by molar-refractivity contribution is -0.0841. The van der Waals surface area contributed by atoms with Crippen LogP contribution in [0, 0.1) is 0 Å². The quantitative estimate of drug-likeness (QED) is 0.483. The van der Waals surface area contributed by atoms with Gasteiger partial charge in [-0.1, -0.05) is 0 Å². The van der Waals surface area contributed by atoms with E-state index in [0.717, 1.165) is 0 Å². The van der Waals surface area contributed by atoms with Gasteiger partial charge in [0, 0.05) is 0 Å². The van der Waals surface area contributed by atoms with Gasteiger partial charge in [-0.3, -0.25) is 0 Å². The molecule has 0 amide bonds. The number of hydrogen-bond donors (Lipinski definition) is 2. The lowest BCUT2D eigenvalue weighted by Gasteiger charge is -2.19. The van der Waals surface area contributed by atoms with Gasteiger partial charge in [0.15, 0.2) is 0 Å². The molecule has 2 heterocycles. The predicted molar refractivity (Wildman–Crippen MR) is 31.3 cm³/mol. The molecule has 56 valence electrons. The van der Waals surface area contributed by atoms with Gasteiger partial charge >= 0.3 is 0 Å². The highest BCUT2D eigenvalue weighted by Crippen LogP contribution is 2.25. The number of ether oxygens (including phenoxy) is 2. The first-order valence-corrected chi connectivity index (χ1v) is 3.13. The molecule has 10 heavy (non-hydrogen) atoms. The smallest absolute Gasteiger partial charge is 0.216 e. The van der Waals surface area contributed by atoms with Crippen LogP contribution in [0.4, 0.5) is 0 Å².